The first kappa shape index (κ1) is 20.2. The summed E-state index contributed by atoms with van der Waals surface area (Å²) in [5.74, 6) is 0.272. The molecule has 2 saturated carbocycles. The van der Waals surface area contributed by atoms with E-state index in [0.717, 1.165) is 25.7 Å². The fourth-order valence-electron chi connectivity index (χ4n) is 5.16. The van der Waals surface area contributed by atoms with Crippen molar-refractivity contribution in [2.75, 3.05) is 13.1 Å². The normalized spacial score (nSPS) is 28.6. The summed E-state index contributed by atoms with van der Waals surface area (Å²) in [5, 5.41) is 14.6. The molecule has 2 amide bonds. The molecule has 1 saturated heterocycles. The maximum Gasteiger partial charge on any atom is 0.407 e. The van der Waals surface area contributed by atoms with Crippen molar-refractivity contribution in [2.45, 2.75) is 63.7 Å². The Hall–Kier alpha value is -2.08. The minimum Gasteiger partial charge on any atom is -0.444 e. The van der Waals surface area contributed by atoms with Crippen molar-refractivity contribution in [1.29, 1.82) is 0 Å². The van der Waals surface area contributed by atoms with Crippen molar-refractivity contribution in [3.63, 3.8) is 0 Å². The number of fused-ring (bicyclic) bond motifs is 1. The number of piperidine rings is 1. The topological polar surface area (TPSA) is 78.9 Å². The number of ether oxygens (including phenoxy) is 1. The first-order chi connectivity index (χ1) is 13.7. The number of amides is 2. The van der Waals surface area contributed by atoms with Crippen molar-refractivity contribution in [2.24, 2.45) is 17.8 Å². The molecule has 0 aromatic heterocycles. The second-order valence-corrected chi connectivity index (χ2v) is 9.82. The molecule has 1 heterocycles. The molecule has 6 heteroatoms. The third kappa shape index (κ3) is 3.87. The monoisotopic (exact) mass is 400 g/mol. The Kier molecular flexibility index (Phi) is 5.09. The Morgan fingerprint density at radius 1 is 1.07 bits per heavy atom. The Morgan fingerprint density at radius 2 is 1.66 bits per heavy atom. The van der Waals surface area contributed by atoms with Gasteiger partial charge in [0, 0.05) is 36.9 Å². The van der Waals surface area contributed by atoms with E-state index in [0.29, 0.717) is 18.7 Å². The van der Waals surface area contributed by atoms with Crippen LogP contribution in [0, 0.1) is 17.8 Å². The lowest BCUT2D eigenvalue weighted by atomic mass is 9.79. The van der Waals surface area contributed by atoms with E-state index >= 15 is 0 Å². The van der Waals surface area contributed by atoms with Crippen molar-refractivity contribution in [3.8, 4) is 0 Å². The average molecular weight is 401 g/mol. The van der Waals surface area contributed by atoms with Gasteiger partial charge in [0.25, 0.3) is 5.91 Å². The molecule has 0 bridgehead atoms. The number of alkyl carbamates (subject to hydrolysis) is 1. The molecule has 29 heavy (non-hydrogen) atoms. The molecule has 3 fully saturated rings. The van der Waals surface area contributed by atoms with Gasteiger partial charge in [0.05, 0.1) is 0 Å². The van der Waals surface area contributed by atoms with Crippen molar-refractivity contribution in [1.82, 2.24) is 10.2 Å². The molecular weight excluding hydrogens is 368 g/mol. The van der Waals surface area contributed by atoms with Gasteiger partial charge >= 0.3 is 6.09 Å². The van der Waals surface area contributed by atoms with Crippen LogP contribution in [0.2, 0.25) is 0 Å². The molecule has 158 valence electrons. The van der Waals surface area contributed by atoms with E-state index in [1.54, 1.807) is 4.90 Å². The van der Waals surface area contributed by atoms with Crippen LogP contribution in [0.1, 0.15) is 52.0 Å². The SMILES string of the molecule is CC(C)(C)OC(=O)NC1C2CN(C(=O)C(O)(c3ccccc3)C3CCCC3)CC21. The van der Waals surface area contributed by atoms with E-state index < -0.39 is 17.3 Å². The summed E-state index contributed by atoms with van der Waals surface area (Å²) in [6, 6.07) is 9.45. The fourth-order valence-corrected chi connectivity index (χ4v) is 5.16. The number of carbonyl (C=O) groups is 2. The van der Waals surface area contributed by atoms with Crippen LogP contribution in [0.5, 0.6) is 0 Å². The summed E-state index contributed by atoms with van der Waals surface area (Å²) in [6.45, 7) is 6.67. The minimum atomic E-state index is -1.46. The number of nitrogens with one attached hydrogen (secondary N) is 1. The lowest BCUT2D eigenvalue weighted by molar-refractivity contribution is -0.158. The van der Waals surface area contributed by atoms with Gasteiger partial charge in [-0.15, -0.1) is 0 Å². The Bertz CT molecular complexity index is 757. The molecule has 4 rings (SSSR count). The molecule has 3 atom stereocenters. The average Bonchev–Trinajstić information content (AvgIpc) is 3.11. The smallest absolute Gasteiger partial charge is 0.407 e. The van der Waals surface area contributed by atoms with Gasteiger partial charge in [0.15, 0.2) is 5.60 Å². The highest BCUT2D eigenvalue weighted by Gasteiger charge is 2.60. The summed E-state index contributed by atoms with van der Waals surface area (Å²) in [6.07, 6.45) is 3.46. The van der Waals surface area contributed by atoms with Gasteiger partial charge in [-0.2, -0.15) is 0 Å². The predicted molar refractivity (Wildman–Crippen MR) is 109 cm³/mol. The van der Waals surface area contributed by atoms with Crippen molar-refractivity contribution in [3.05, 3.63) is 35.9 Å². The van der Waals surface area contributed by atoms with E-state index in [-0.39, 0.29) is 29.7 Å². The lowest BCUT2D eigenvalue weighted by Gasteiger charge is -2.37. The zero-order chi connectivity index (χ0) is 20.8. The largest absolute Gasteiger partial charge is 0.444 e. The van der Waals surface area contributed by atoms with Crippen molar-refractivity contribution < 1.29 is 19.4 Å². The molecule has 6 nitrogen and oxygen atoms in total. The Morgan fingerprint density at radius 3 is 2.21 bits per heavy atom. The number of hydrogen-bond acceptors (Lipinski definition) is 4. The molecule has 1 aromatic carbocycles. The summed E-state index contributed by atoms with van der Waals surface area (Å²) in [5.41, 5.74) is -1.28. The standard InChI is InChI=1S/C23H32N2O4/c1-22(2,3)29-21(27)24-19-17-13-25(14-18(17)19)20(26)23(28,16-11-7-8-12-16)15-9-5-4-6-10-15/h4-6,9-10,16-19,28H,7-8,11-14H2,1-3H3,(H,24,27). The van der Waals surface area contributed by atoms with E-state index in [9.17, 15) is 14.7 Å². The fraction of sp³-hybridized carbons (Fsp3) is 0.652. The summed E-state index contributed by atoms with van der Waals surface area (Å²) >= 11 is 0. The summed E-state index contributed by atoms with van der Waals surface area (Å²) < 4.78 is 5.34. The molecule has 3 aliphatic rings. The quantitative estimate of drug-likeness (QED) is 0.814. The molecule has 1 aromatic rings. The van der Waals surface area contributed by atoms with Crippen LogP contribution >= 0.6 is 0 Å². The second-order valence-electron chi connectivity index (χ2n) is 9.82. The number of hydrogen-bond donors (Lipinski definition) is 2. The molecule has 1 aliphatic heterocycles. The van der Waals surface area contributed by atoms with E-state index in [1.807, 2.05) is 51.1 Å². The van der Waals surface area contributed by atoms with Crippen LogP contribution in [0.25, 0.3) is 0 Å². The third-order valence-electron chi connectivity index (χ3n) is 6.65. The zero-order valence-corrected chi connectivity index (χ0v) is 17.6. The van der Waals surface area contributed by atoms with E-state index in [4.69, 9.17) is 4.74 Å². The first-order valence-electron chi connectivity index (χ1n) is 10.8. The van der Waals surface area contributed by atoms with Crippen LogP contribution in [0.4, 0.5) is 4.79 Å². The maximum atomic E-state index is 13.5. The highest BCUT2D eigenvalue weighted by atomic mass is 16.6. The number of carbonyl (C=O) groups excluding carboxylic acids is 2. The third-order valence-corrected chi connectivity index (χ3v) is 6.65. The zero-order valence-electron chi connectivity index (χ0n) is 17.6. The number of aliphatic hydroxyl groups is 1. The number of benzene rings is 1. The lowest BCUT2D eigenvalue weighted by Crippen LogP contribution is -2.51. The highest BCUT2D eigenvalue weighted by molar-refractivity contribution is 5.87. The van der Waals surface area contributed by atoms with Gasteiger partial charge in [-0.3, -0.25) is 4.79 Å². The molecule has 3 unspecified atom stereocenters. The first-order valence-corrected chi connectivity index (χ1v) is 10.8. The summed E-state index contributed by atoms with van der Waals surface area (Å²) in [4.78, 5) is 27.3. The molecule has 2 aliphatic carbocycles. The number of nitrogens with zero attached hydrogens (tertiary/aromatic N) is 1. The van der Waals surface area contributed by atoms with Crippen LogP contribution in [0.15, 0.2) is 30.3 Å². The number of likely N-dealkylation sites (tertiary alicyclic amines) is 1. The predicted octanol–water partition coefficient (Wildman–Crippen LogP) is 3.05. The van der Waals surface area contributed by atoms with Crippen LogP contribution in [0.3, 0.4) is 0 Å². The molecule has 0 radical (unpaired) electrons. The van der Waals surface area contributed by atoms with Crippen LogP contribution in [-0.4, -0.2) is 46.7 Å². The van der Waals surface area contributed by atoms with Gasteiger partial charge in [0.1, 0.15) is 5.60 Å². The van der Waals surface area contributed by atoms with Crippen molar-refractivity contribution >= 4 is 12.0 Å². The van der Waals surface area contributed by atoms with Crippen LogP contribution < -0.4 is 5.32 Å². The van der Waals surface area contributed by atoms with Gasteiger partial charge in [-0.05, 0) is 39.2 Å². The van der Waals surface area contributed by atoms with Gasteiger partial charge in [-0.25, -0.2) is 4.79 Å². The molecular formula is C23H32N2O4. The minimum absolute atomic E-state index is 0.0370. The molecule has 2 N–H and O–H groups in total. The maximum absolute atomic E-state index is 13.5. The van der Waals surface area contributed by atoms with Gasteiger partial charge in [0.2, 0.25) is 0 Å². The number of rotatable bonds is 4. The summed E-state index contributed by atoms with van der Waals surface area (Å²) in [7, 11) is 0. The Labute approximate surface area is 172 Å². The van der Waals surface area contributed by atoms with Crippen LogP contribution in [-0.2, 0) is 15.1 Å². The highest BCUT2D eigenvalue weighted by Crippen LogP contribution is 2.48. The van der Waals surface area contributed by atoms with Gasteiger partial charge < -0.3 is 20.1 Å². The Balaban J connectivity index is 1.42. The van der Waals surface area contributed by atoms with E-state index in [1.165, 1.54) is 0 Å². The van der Waals surface area contributed by atoms with E-state index in [2.05, 4.69) is 5.32 Å². The van der Waals surface area contributed by atoms with Gasteiger partial charge in [-0.1, -0.05) is 43.2 Å². The second kappa shape index (κ2) is 7.31. The molecule has 0 spiro atoms.